The zero-order valence-corrected chi connectivity index (χ0v) is 31.1. The average Bonchev–Trinajstić information content (AvgIpc) is 3.97. The van der Waals surface area contributed by atoms with Crippen molar-refractivity contribution in [3.63, 3.8) is 0 Å². The maximum Gasteiger partial charge on any atom is 0.410 e. The number of Topliss-reactive ketones (excluding diaryl/α,β-unsaturated/α-hetero) is 2. The molecule has 4 fully saturated rings. The highest BCUT2D eigenvalue weighted by Crippen LogP contribution is 2.52. The van der Waals surface area contributed by atoms with Gasteiger partial charge in [-0.3, -0.25) is 19.4 Å². The Morgan fingerprint density at radius 2 is 1.20 bits per heavy atom. The van der Waals surface area contributed by atoms with Gasteiger partial charge in [-0.15, -0.1) is 0 Å². The second-order valence-corrected chi connectivity index (χ2v) is 16.5. The van der Waals surface area contributed by atoms with Crippen LogP contribution in [-0.4, -0.2) is 89.3 Å². The highest BCUT2D eigenvalue weighted by molar-refractivity contribution is 5.78. The fraction of sp³-hybridized carbons (Fsp3) is 0.634. The van der Waals surface area contributed by atoms with Gasteiger partial charge in [-0.05, 0) is 96.4 Å². The molecule has 2 aliphatic carbocycles. The van der Waals surface area contributed by atoms with E-state index in [-0.39, 0.29) is 28.7 Å². The summed E-state index contributed by atoms with van der Waals surface area (Å²) in [6.07, 6.45) is 5.73. The number of carbonyl (C=O) groups is 3. The summed E-state index contributed by atoms with van der Waals surface area (Å²) in [7, 11) is 0. The summed E-state index contributed by atoms with van der Waals surface area (Å²) in [5.74, 6) is 0.587. The van der Waals surface area contributed by atoms with Crippen molar-refractivity contribution in [1.82, 2.24) is 20.0 Å². The van der Waals surface area contributed by atoms with Crippen LogP contribution >= 0.6 is 0 Å². The van der Waals surface area contributed by atoms with Gasteiger partial charge in [0.1, 0.15) is 17.2 Å². The second-order valence-electron chi connectivity index (χ2n) is 16.5. The van der Waals surface area contributed by atoms with Crippen LogP contribution in [0.4, 0.5) is 4.79 Å². The minimum absolute atomic E-state index is 0.108. The Balaban J connectivity index is 0.000000199. The van der Waals surface area contributed by atoms with Crippen molar-refractivity contribution in [3.8, 4) is 0 Å². The Hall–Kier alpha value is -3.07. The number of nitrogens with zero attached hydrogens (tertiary/aromatic N) is 3. The van der Waals surface area contributed by atoms with Crippen LogP contribution in [0.5, 0.6) is 0 Å². The molecule has 2 saturated heterocycles. The Labute approximate surface area is 294 Å². The lowest BCUT2D eigenvalue weighted by Gasteiger charge is -2.40. The Morgan fingerprint density at radius 3 is 1.59 bits per heavy atom. The molecule has 0 spiro atoms. The number of nitrogens with one attached hydrogen (secondary N) is 1. The van der Waals surface area contributed by atoms with Crippen molar-refractivity contribution in [2.45, 2.75) is 129 Å². The van der Waals surface area contributed by atoms with Crippen molar-refractivity contribution in [3.05, 3.63) is 70.8 Å². The molecule has 4 aliphatic rings. The molecular formula is C41H60N4O4. The summed E-state index contributed by atoms with van der Waals surface area (Å²) < 4.78 is 5.50. The van der Waals surface area contributed by atoms with Crippen molar-refractivity contribution >= 4 is 17.7 Å². The van der Waals surface area contributed by atoms with Crippen LogP contribution in [0.3, 0.4) is 0 Å². The third-order valence-corrected chi connectivity index (χ3v) is 10.8. The molecule has 0 bridgehead atoms. The molecule has 49 heavy (non-hydrogen) atoms. The maximum atomic E-state index is 12.3. The Morgan fingerprint density at radius 1 is 0.735 bits per heavy atom. The summed E-state index contributed by atoms with van der Waals surface area (Å²) in [5.41, 5.74) is 5.14. The Bertz CT molecular complexity index is 1440. The van der Waals surface area contributed by atoms with Gasteiger partial charge in [0, 0.05) is 88.1 Å². The summed E-state index contributed by atoms with van der Waals surface area (Å²) in [5, 5.41) is 3.43. The zero-order chi connectivity index (χ0) is 35.4. The van der Waals surface area contributed by atoms with E-state index in [1.807, 2.05) is 25.7 Å². The first kappa shape index (κ1) is 37.2. The lowest BCUT2D eigenvalue weighted by Crippen LogP contribution is -2.54. The minimum atomic E-state index is -0.458. The summed E-state index contributed by atoms with van der Waals surface area (Å²) in [4.78, 5) is 42.0. The smallest absolute Gasteiger partial charge is 0.410 e. The van der Waals surface area contributed by atoms with E-state index in [0.29, 0.717) is 37.8 Å². The van der Waals surface area contributed by atoms with Crippen molar-refractivity contribution in [1.29, 1.82) is 0 Å². The first-order chi connectivity index (χ1) is 23.2. The van der Waals surface area contributed by atoms with Gasteiger partial charge < -0.3 is 15.0 Å². The Kier molecular flexibility index (Phi) is 11.7. The largest absolute Gasteiger partial charge is 0.444 e. The molecule has 2 aromatic carbocycles. The number of hydrogen-bond donors (Lipinski definition) is 1. The van der Waals surface area contributed by atoms with Gasteiger partial charge in [-0.1, -0.05) is 48.5 Å². The maximum absolute atomic E-state index is 12.3. The normalized spacial score (nSPS) is 23.2. The predicted molar refractivity (Wildman–Crippen MR) is 196 cm³/mol. The lowest BCUT2D eigenvalue weighted by atomic mass is 9.90. The molecule has 2 aromatic rings. The second kappa shape index (κ2) is 15.4. The monoisotopic (exact) mass is 672 g/mol. The van der Waals surface area contributed by atoms with Gasteiger partial charge in [-0.2, -0.15) is 0 Å². The molecule has 0 radical (unpaired) electrons. The molecule has 2 heterocycles. The SMILES string of the molecule is CC(=O)CC1(c2ccc(CN3CCN(C(=O)OC(C)(C)C)C[C@H]3C)cc2)CC1.CC(=O)CC1(c2ccc(CN3CCNC[C@H]3C)cc2)CC1. The van der Waals surface area contributed by atoms with Gasteiger partial charge >= 0.3 is 6.09 Å². The van der Waals surface area contributed by atoms with E-state index < -0.39 is 5.60 Å². The first-order valence-corrected chi connectivity index (χ1v) is 18.5. The first-order valence-electron chi connectivity index (χ1n) is 18.5. The standard InChI is InChI=1S/C23H34N2O3.C18H26N2O/c1-17-15-25(21(27)28-22(3,4)5)13-12-24(17)16-19-6-8-20(9-7-19)23(10-11-23)14-18(2)26;1-14-12-19-9-10-20(14)13-16-3-5-17(6-4-16)18(7-8-18)11-15(2)21/h6-9,17H,10-16H2,1-5H3;3-6,14,19H,7-13H2,1-2H3/t17-;14-/m11/s1. The van der Waals surface area contributed by atoms with Crippen LogP contribution in [0.2, 0.25) is 0 Å². The van der Waals surface area contributed by atoms with E-state index in [0.717, 1.165) is 52.1 Å². The average molecular weight is 673 g/mol. The van der Waals surface area contributed by atoms with Crippen LogP contribution in [0, 0.1) is 0 Å². The number of rotatable bonds is 10. The molecule has 0 aromatic heterocycles. The highest BCUT2D eigenvalue weighted by atomic mass is 16.6. The number of amides is 1. The van der Waals surface area contributed by atoms with Crippen molar-refractivity contribution in [2.24, 2.45) is 0 Å². The molecule has 8 nitrogen and oxygen atoms in total. The molecule has 2 aliphatic heterocycles. The van der Waals surface area contributed by atoms with Crippen LogP contribution < -0.4 is 5.32 Å². The molecule has 268 valence electrons. The number of hydrogen-bond acceptors (Lipinski definition) is 7. The number of piperazine rings is 2. The number of benzene rings is 2. The fourth-order valence-corrected chi connectivity index (χ4v) is 7.63. The molecule has 8 heteroatoms. The molecule has 1 N–H and O–H groups in total. The van der Waals surface area contributed by atoms with Gasteiger partial charge in [0.05, 0.1) is 0 Å². The summed E-state index contributed by atoms with van der Waals surface area (Å²) in [6.45, 7) is 21.0. The third-order valence-electron chi connectivity index (χ3n) is 10.8. The van der Waals surface area contributed by atoms with Crippen molar-refractivity contribution < 1.29 is 19.1 Å². The van der Waals surface area contributed by atoms with Gasteiger partial charge in [0.15, 0.2) is 0 Å². The van der Waals surface area contributed by atoms with E-state index in [9.17, 15) is 14.4 Å². The van der Waals surface area contributed by atoms with Gasteiger partial charge in [0.25, 0.3) is 0 Å². The summed E-state index contributed by atoms with van der Waals surface area (Å²) >= 11 is 0. The third kappa shape index (κ3) is 10.2. The van der Waals surface area contributed by atoms with Gasteiger partial charge in [-0.25, -0.2) is 4.79 Å². The van der Waals surface area contributed by atoms with Crippen LogP contribution in [0.1, 0.15) is 109 Å². The highest BCUT2D eigenvalue weighted by Gasteiger charge is 2.45. The van der Waals surface area contributed by atoms with Crippen LogP contribution in [-0.2, 0) is 38.2 Å². The number of ether oxygens (including phenoxy) is 1. The minimum Gasteiger partial charge on any atom is -0.444 e. The van der Waals surface area contributed by atoms with E-state index in [1.165, 1.54) is 35.1 Å². The molecule has 0 unspecified atom stereocenters. The van der Waals surface area contributed by atoms with Gasteiger partial charge in [0.2, 0.25) is 0 Å². The zero-order valence-electron chi connectivity index (χ0n) is 31.1. The molecule has 2 saturated carbocycles. The molecular weight excluding hydrogens is 612 g/mol. The lowest BCUT2D eigenvalue weighted by molar-refractivity contribution is -0.118. The fourth-order valence-electron chi connectivity index (χ4n) is 7.63. The summed E-state index contributed by atoms with van der Waals surface area (Å²) in [6, 6.07) is 18.7. The quantitative estimate of drug-likeness (QED) is 0.304. The van der Waals surface area contributed by atoms with E-state index in [2.05, 4.69) is 77.5 Å². The van der Waals surface area contributed by atoms with Crippen LogP contribution in [0.15, 0.2) is 48.5 Å². The van der Waals surface area contributed by atoms with E-state index in [1.54, 1.807) is 13.8 Å². The van der Waals surface area contributed by atoms with Crippen molar-refractivity contribution in [2.75, 3.05) is 39.3 Å². The number of carbonyl (C=O) groups excluding carboxylic acids is 3. The predicted octanol–water partition coefficient (Wildman–Crippen LogP) is 6.63. The molecule has 1 amide bonds. The topological polar surface area (TPSA) is 82.2 Å². The van der Waals surface area contributed by atoms with Crippen LogP contribution in [0.25, 0.3) is 0 Å². The molecule has 2 atom stereocenters. The van der Waals surface area contributed by atoms with E-state index >= 15 is 0 Å². The van der Waals surface area contributed by atoms with E-state index in [4.69, 9.17) is 4.74 Å². The molecule has 6 rings (SSSR count). The number of ketones is 2.